The van der Waals surface area contributed by atoms with Crippen molar-refractivity contribution < 1.29 is 19.4 Å². The predicted molar refractivity (Wildman–Crippen MR) is 94.3 cm³/mol. The molecular weight excluding hydrogens is 330 g/mol. The molecule has 0 aromatic heterocycles. The zero-order valence-electron chi connectivity index (χ0n) is 14.3. The highest BCUT2D eigenvalue weighted by molar-refractivity contribution is 5.79. The molecule has 5 heteroatoms. The van der Waals surface area contributed by atoms with E-state index in [1.165, 1.54) is 22.3 Å². The topological polar surface area (TPSA) is 78.5 Å². The fraction of sp³-hybridized carbons (Fsp3) is 0.333. The zero-order valence-corrected chi connectivity index (χ0v) is 14.3. The lowest BCUT2D eigenvalue weighted by atomic mass is 9.98. The van der Waals surface area contributed by atoms with Crippen LogP contribution in [-0.4, -0.2) is 24.7 Å². The number of nitrogens with one attached hydrogen (secondary N) is 1. The Kier molecular flexibility index (Phi) is 4.37. The number of rotatable bonds is 4. The van der Waals surface area contributed by atoms with Crippen molar-refractivity contribution in [1.82, 2.24) is 5.32 Å². The summed E-state index contributed by atoms with van der Waals surface area (Å²) >= 11 is 0. The van der Waals surface area contributed by atoms with E-state index < -0.39 is 18.0 Å². The summed E-state index contributed by atoms with van der Waals surface area (Å²) in [6, 6.07) is 16.2. The van der Waals surface area contributed by atoms with Gasteiger partial charge in [0, 0.05) is 23.8 Å². The maximum absolute atomic E-state index is 12.2. The van der Waals surface area contributed by atoms with Crippen LogP contribution < -0.4 is 10.4 Å². The molecule has 2 aliphatic carbocycles. The largest absolute Gasteiger partial charge is 0.550 e. The average molecular weight is 350 g/mol. The predicted octanol–water partition coefficient (Wildman–Crippen LogP) is 2.44. The summed E-state index contributed by atoms with van der Waals surface area (Å²) in [6.07, 6.45) is 1.10. The van der Waals surface area contributed by atoms with Gasteiger partial charge in [-0.25, -0.2) is 4.79 Å². The van der Waals surface area contributed by atoms with Gasteiger partial charge in [0.25, 0.3) is 0 Å². The molecule has 1 amide bonds. The van der Waals surface area contributed by atoms with Gasteiger partial charge in [-0.1, -0.05) is 48.5 Å². The molecule has 1 N–H and O–H groups in total. The van der Waals surface area contributed by atoms with Crippen LogP contribution in [0.5, 0.6) is 0 Å². The molecule has 1 fully saturated rings. The summed E-state index contributed by atoms with van der Waals surface area (Å²) in [5, 5.41) is 13.7. The van der Waals surface area contributed by atoms with Gasteiger partial charge in [-0.15, -0.1) is 0 Å². The van der Waals surface area contributed by atoms with Crippen molar-refractivity contribution >= 4 is 12.1 Å². The molecule has 2 aliphatic rings. The standard InChI is InChI=1S/C21H21NO4/c23-20(24)13-9-10-14(11-13)22-21(25)26-12-19-17-7-3-1-5-15(17)16-6-2-4-8-18(16)19/h1-8,13-14,19H,9-12H2,(H,22,25)(H,23,24)/p-1/t13-,14+/m0/s1. The second-order valence-electron chi connectivity index (χ2n) is 7.00. The van der Waals surface area contributed by atoms with Crippen molar-refractivity contribution in [2.45, 2.75) is 31.2 Å². The Bertz CT molecular complexity index is 802. The Hall–Kier alpha value is -2.82. The van der Waals surface area contributed by atoms with E-state index >= 15 is 0 Å². The van der Waals surface area contributed by atoms with Crippen LogP contribution in [0, 0.1) is 5.92 Å². The van der Waals surface area contributed by atoms with E-state index in [2.05, 4.69) is 29.6 Å². The lowest BCUT2D eigenvalue weighted by Gasteiger charge is -2.17. The molecular formula is C21H20NO4-. The maximum atomic E-state index is 12.2. The van der Waals surface area contributed by atoms with Crippen molar-refractivity contribution in [1.29, 1.82) is 0 Å². The highest BCUT2D eigenvalue weighted by Crippen LogP contribution is 2.44. The molecule has 2 aromatic rings. The van der Waals surface area contributed by atoms with E-state index in [-0.39, 0.29) is 18.6 Å². The third kappa shape index (κ3) is 3.05. The minimum absolute atomic E-state index is 0.0210. The Labute approximate surface area is 152 Å². The Morgan fingerprint density at radius 1 is 1.00 bits per heavy atom. The first-order valence-corrected chi connectivity index (χ1v) is 8.96. The molecule has 26 heavy (non-hydrogen) atoms. The SMILES string of the molecule is O=C(N[C@@H]1CC[C@H](C(=O)[O-])C1)OCC1c2ccccc2-c2ccccc21. The van der Waals surface area contributed by atoms with Crippen LogP contribution in [-0.2, 0) is 9.53 Å². The van der Waals surface area contributed by atoms with Gasteiger partial charge >= 0.3 is 6.09 Å². The fourth-order valence-corrected chi connectivity index (χ4v) is 4.13. The van der Waals surface area contributed by atoms with Crippen LogP contribution in [0.3, 0.4) is 0 Å². The molecule has 0 bridgehead atoms. The minimum atomic E-state index is -1.04. The molecule has 0 radical (unpaired) electrons. The summed E-state index contributed by atoms with van der Waals surface area (Å²) in [4.78, 5) is 23.1. The van der Waals surface area contributed by atoms with Gasteiger partial charge in [-0.2, -0.15) is 0 Å². The third-order valence-electron chi connectivity index (χ3n) is 5.43. The van der Waals surface area contributed by atoms with Gasteiger partial charge < -0.3 is 20.0 Å². The summed E-state index contributed by atoms with van der Waals surface area (Å²) in [7, 11) is 0. The fourth-order valence-electron chi connectivity index (χ4n) is 4.13. The van der Waals surface area contributed by atoms with Gasteiger partial charge in [-0.3, -0.25) is 0 Å². The average Bonchev–Trinajstić information content (AvgIpc) is 3.23. The van der Waals surface area contributed by atoms with Crippen molar-refractivity contribution in [3.05, 3.63) is 59.7 Å². The molecule has 4 rings (SSSR count). The lowest BCUT2D eigenvalue weighted by molar-refractivity contribution is -0.311. The van der Waals surface area contributed by atoms with Gasteiger partial charge in [-0.05, 0) is 41.5 Å². The minimum Gasteiger partial charge on any atom is -0.550 e. The van der Waals surface area contributed by atoms with E-state index in [1.54, 1.807) is 0 Å². The van der Waals surface area contributed by atoms with Crippen LogP contribution in [0.15, 0.2) is 48.5 Å². The molecule has 0 aliphatic heterocycles. The van der Waals surface area contributed by atoms with E-state index in [0.29, 0.717) is 19.3 Å². The number of carboxylic acids is 1. The van der Waals surface area contributed by atoms with Gasteiger partial charge in [0.15, 0.2) is 0 Å². The number of fused-ring (bicyclic) bond motifs is 3. The molecule has 2 aromatic carbocycles. The Morgan fingerprint density at radius 3 is 2.19 bits per heavy atom. The zero-order chi connectivity index (χ0) is 18.1. The summed E-state index contributed by atoms with van der Waals surface area (Å²) in [5.41, 5.74) is 4.70. The molecule has 134 valence electrons. The van der Waals surface area contributed by atoms with Crippen molar-refractivity contribution in [2.75, 3.05) is 6.61 Å². The van der Waals surface area contributed by atoms with Crippen molar-refractivity contribution in [3.8, 4) is 11.1 Å². The van der Waals surface area contributed by atoms with Crippen molar-refractivity contribution in [2.24, 2.45) is 5.92 Å². The van der Waals surface area contributed by atoms with E-state index in [9.17, 15) is 14.7 Å². The Balaban J connectivity index is 1.41. The first-order valence-electron chi connectivity index (χ1n) is 8.96. The molecule has 0 spiro atoms. The third-order valence-corrected chi connectivity index (χ3v) is 5.43. The molecule has 0 heterocycles. The molecule has 5 nitrogen and oxygen atoms in total. The molecule has 1 saturated carbocycles. The van der Waals surface area contributed by atoms with E-state index in [0.717, 1.165) is 0 Å². The van der Waals surface area contributed by atoms with Crippen molar-refractivity contribution in [3.63, 3.8) is 0 Å². The van der Waals surface area contributed by atoms with Crippen LogP contribution >= 0.6 is 0 Å². The van der Waals surface area contributed by atoms with E-state index in [1.807, 2.05) is 24.3 Å². The number of carboxylic acid groups (broad SMARTS) is 1. The first kappa shape index (κ1) is 16.6. The number of hydrogen-bond donors (Lipinski definition) is 1. The monoisotopic (exact) mass is 350 g/mol. The highest BCUT2D eigenvalue weighted by atomic mass is 16.5. The maximum Gasteiger partial charge on any atom is 0.407 e. The van der Waals surface area contributed by atoms with E-state index in [4.69, 9.17) is 4.74 Å². The van der Waals surface area contributed by atoms with Gasteiger partial charge in [0.1, 0.15) is 6.61 Å². The number of carbonyl (C=O) groups excluding carboxylic acids is 2. The summed E-state index contributed by atoms with van der Waals surface area (Å²) in [5.74, 6) is -1.50. The number of carbonyl (C=O) groups is 2. The molecule has 2 atom stereocenters. The van der Waals surface area contributed by atoms with Crippen LogP contribution in [0.1, 0.15) is 36.3 Å². The number of alkyl carbamates (subject to hydrolysis) is 1. The number of ether oxygens (including phenoxy) is 1. The first-order chi connectivity index (χ1) is 12.6. The highest BCUT2D eigenvalue weighted by Gasteiger charge is 2.30. The lowest BCUT2D eigenvalue weighted by Crippen LogP contribution is -2.36. The normalized spacial score (nSPS) is 21.1. The van der Waals surface area contributed by atoms with Gasteiger partial charge in [0.2, 0.25) is 0 Å². The quantitative estimate of drug-likeness (QED) is 0.919. The molecule has 0 saturated heterocycles. The Morgan fingerprint density at radius 2 is 1.62 bits per heavy atom. The van der Waals surface area contributed by atoms with Crippen LogP contribution in [0.25, 0.3) is 11.1 Å². The number of aliphatic carboxylic acids is 1. The van der Waals surface area contributed by atoms with Crippen LogP contribution in [0.2, 0.25) is 0 Å². The summed E-state index contributed by atoms with van der Waals surface area (Å²) < 4.78 is 5.48. The second-order valence-corrected chi connectivity index (χ2v) is 7.00. The second kappa shape index (κ2) is 6.83. The number of hydrogen-bond acceptors (Lipinski definition) is 4. The smallest absolute Gasteiger partial charge is 0.407 e. The van der Waals surface area contributed by atoms with Gasteiger partial charge in [0.05, 0.1) is 0 Å². The number of benzene rings is 2. The summed E-state index contributed by atoms with van der Waals surface area (Å²) in [6.45, 7) is 0.260. The molecule has 0 unspecified atom stereocenters. The van der Waals surface area contributed by atoms with Crippen LogP contribution in [0.4, 0.5) is 4.79 Å². The number of amides is 1.